The van der Waals surface area contributed by atoms with Crippen LogP contribution in [0.5, 0.6) is 0 Å². The van der Waals surface area contributed by atoms with Crippen molar-refractivity contribution in [2.75, 3.05) is 16.8 Å². The zero-order chi connectivity index (χ0) is 16.1. The maximum Gasteiger partial charge on any atom is 0.229 e. The van der Waals surface area contributed by atoms with Crippen LogP contribution in [0.4, 0.5) is 23.1 Å². The summed E-state index contributed by atoms with van der Waals surface area (Å²) >= 11 is 0. The van der Waals surface area contributed by atoms with E-state index in [1.165, 1.54) is 5.56 Å². The van der Waals surface area contributed by atoms with E-state index in [-0.39, 0.29) is 0 Å². The molecule has 0 atom stereocenters. The number of hydrogen-bond donors (Lipinski definition) is 1. The molecule has 1 N–H and O–H groups in total. The van der Waals surface area contributed by atoms with E-state index in [4.69, 9.17) is 0 Å². The molecule has 0 saturated heterocycles. The van der Waals surface area contributed by atoms with Gasteiger partial charge < -0.3 is 10.2 Å². The molecule has 0 aliphatic rings. The minimum absolute atomic E-state index is 0.597. The van der Waals surface area contributed by atoms with E-state index in [2.05, 4.69) is 58.3 Å². The summed E-state index contributed by atoms with van der Waals surface area (Å²) in [6.07, 6.45) is 1.78. The summed E-state index contributed by atoms with van der Waals surface area (Å²) in [5, 5.41) is 3.24. The molecule has 4 heteroatoms. The van der Waals surface area contributed by atoms with Crippen LogP contribution < -0.4 is 10.2 Å². The van der Waals surface area contributed by atoms with Gasteiger partial charge in [0.2, 0.25) is 5.95 Å². The number of rotatable bonds is 5. The molecule has 1 heterocycles. The Morgan fingerprint density at radius 1 is 1.00 bits per heavy atom. The molecule has 3 rings (SSSR count). The lowest BCUT2D eigenvalue weighted by atomic mass is 10.2. The number of anilines is 4. The molecular weight excluding hydrogens is 284 g/mol. The third kappa shape index (κ3) is 3.66. The van der Waals surface area contributed by atoms with Gasteiger partial charge in [0.05, 0.1) is 0 Å². The quantitative estimate of drug-likeness (QED) is 0.742. The van der Waals surface area contributed by atoms with Gasteiger partial charge in [0, 0.05) is 24.1 Å². The first-order valence-electron chi connectivity index (χ1n) is 7.75. The Hall–Kier alpha value is -2.88. The molecule has 4 nitrogen and oxygen atoms in total. The maximum atomic E-state index is 4.65. The maximum absolute atomic E-state index is 4.65. The molecule has 0 spiro atoms. The second-order valence-corrected chi connectivity index (χ2v) is 5.31. The molecule has 0 radical (unpaired) electrons. The lowest BCUT2D eigenvalue weighted by Gasteiger charge is -2.22. The first kappa shape index (κ1) is 15.0. The molecule has 0 fully saturated rings. The lowest BCUT2D eigenvalue weighted by Crippen LogP contribution is -2.18. The number of benzene rings is 2. The molecule has 2 aromatic carbocycles. The van der Waals surface area contributed by atoms with Gasteiger partial charge in [-0.3, -0.25) is 0 Å². The third-order valence-electron chi connectivity index (χ3n) is 3.58. The van der Waals surface area contributed by atoms with E-state index in [9.17, 15) is 0 Å². The molecule has 0 amide bonds. The highest BCUT2D eigenvalue weighted by Gasteiger charge is 2.10. The van der Waals surface area contributed by atoms with Crippen LogP contribution in [-0.4, -0.2) is 16.5 Å². The van der Waals surface area contributed by atoms with Gasteiger partial charge in [-0.05, 0) is 49.7 Å². The van der Waals surface area contributed by atoms with Crippen molar-refractivity contribution in [1.29, 1.82) is 0 Å². The van der Waals surface area contributed by atoms with Crippen LogP contribution in [0, 0.1) is 6.92 Å². The van der Waals surface area contributed by atoms with Gasteiger partial charge in [0.25, 0.3) is 0 Å². The molecule has 0 aliphatic heterocycles. The van der Waals surface area contributed by atoms with Crippen molar-refractivity contribution < 1.29 is 0 Å². The van der Waals surface area contributed by atoms with E-state index in [0.29, 0.717) is 5.95 Å². The summed E-state index contributed by atoms with van der Waals surface area (Å²) in [6.45, 7) is 5.06. The van der Waals surface area contributed by atoms with Gasteiger partial charge in [-0.15, -0.1) is 0 Å². The van der Waals surface area contributed by atoms with Crippen molar-refractivity contribution in [3.8, 4) is 0 Å². The number of para-hydroxylation sites is 1. The Morgan fingerprint density at radius 3 is 2.57 bits per heavy atom. The first-order chi connectivity index (χ1) is 11.3. The standard InChI is InChI=1S/C19H20N4/c1-3-23(17-11-7-8-15(2)14-17)18-12-13-20-19(22-18)21-16-9-5-4-6-10-16/h4-14H,3H2,1-2H3,(H,20,21,22). The average molecular weight is 304 g/mol. The number of nitrogens with zero attached hydrogens (tertiary/aromatic N) is 3. The van der Waals surface area contributed by atoms with Crippen LogP contribution in [0.1, 0.15) is 12.5 Å². The molecule has 0 aliphatic carbocycles. The van der Waals surface area contributed by atoms with Crippen molar-refractivity contribution in [2.45, 2.75) is 13.8 Å². The number of hydrogen-bond acceptors (Lipinski definition) is 4. The summed E-state index contributed by atoms with van der Waals surface area (Å²) < 4.78 is 0. The molecule has 0 bridgehead atoms. The minimum atomic E-state index is 0.597. The SMILES string of the molecule is CCN(c1cccc(C)c1)c1ccnc(Nc2ccccc2)n1. The fourth-order valence-electron chi connectivity index (χ4n) is 2.48. The highest BCUT2D eigenvalue weighted by Crippen LogP contribution is 2.25. The Bertz CT molecular complexity index is 771. The Morgan fingerprint density at radius 2 is 1.83 bits per heavy atom. The summed E-state index contributed by atoms with van der Waals surface area (Å²) in [6, 6.07) is 20.3. The fraction of sp³-hybridized carbons (Fsp3) is 0.158. The smallest absolute Gasteiger partial charge is 0.229 e. The highest BCUT2D eigenvalue weighted by molar-refractivity contribution is 5.62. The van der Waals surface area contributed by atoms with Crippen LogP contribution >= 0.6 is 0 Å². The van der Waals surface area contributed by atoms with Crippen molar-refractivity contribution in [3.63, 3.8) is 0 Å². The van der Waals surface area contributed by atoms with E-state index in [1.54, 1.807) is 6.20 Å². The number of nitrogens with one attached hydrogen (secondary N) is 1. The van der Waals surface area contributed by atoms with Gasteiger partial charge in [-0.2, -0.15) is 4.98 Å². The highest BCUT2D eigenvalue weighted by atomic mass is 15.2. The monoisotopic (exact) mass is 304 g/mol. The van der Waals surface area contributed by atoms with Crippen molar-refractivity contribution >= 4 is 23.1 Å². The Balaban J connectivity index is 1.88. The van der Waals surface area contributed by atoms with Gasteiger partial charge in [0.15, 0.2) is 0 Å². The molecule has 0 unspecified atom stereocenters. The summed E-state index contributed by atoms with van der Waals surface area (Å²) in [5.41, 5.74) is 3.35. The summed E-state index contributed by atoms with van der Waals surface area (Å²) in [5.74, 6) is 1.48. The van der Waals surface area contributed by atoms with Crippen molar-refractivity contribution in [1.82, 2.24) is 9.97 Å². The number of aryl methyl sites for hydroxylation is 1. The molecule has 1 aromatic heterocycles. The van der Waals surface area contributed by atoms with E-state index >= 15 is 0 Å². The van der Waals surface area contributed by atoms with Crippen LogP contribution in [0.15, 0.2) is 66.9 Å². The van der Waals surface area contributed by atoms with E-state index in [1.807, 2.05) is 36.4 Å². The van der Waals surface area contributed by atoms with Crippen LogP contribution in [0.2, 0.25) is 0 Å². The van der Waals surface area contributed by atoms with E-state index in [0.717, 1.165) is 23.7 Å². The number of aromatic nitrogens is 2. The van der Waals surface area contributed by atoms with Gasteiger partial charge in [-0.25, -0.2) is 4.98 Å². The van der Waals surface area contributed by atoms with Gasteiger partial charge in [-0.1, -0.05) is 30.3 Å². The second kappa shape index (κ2) is 6.92. The normalized spacial score (nSPS) is 10.3. The zero-order valence-electron chi connectivity index (χ0n) is 13.4. The predicted octanol–water partition coefficient (Wildman–Crippen LogP) is 4.69. The zero-order valence-corrected chi connectivity index (χ0v) is 13.4. The van der Waals surface area contributed by atoms with Crippen molar-refractivity contribution in [2.24, 2.45) is 0 Å². The summed E-state index contributed by atoms with van der Waals surface area (Å²) in [4.78, 5) is 11.1. The van der Waals surface area contributed by atoms with Crippen molar-refractivity contribution in [3.05, 3.63) is 72.4 Å². The van der Waals surface area contributed by atoms with Crippen LogP contribution in [0.25, 0.3) is 0 Å². The van der Waals surface area contributed by atoms with E-state index < -0.39 is 0 Å². The average Bonchev–Trinajstić information content (AvgIpc) is 2.57. The molecule has 116 valence electrons. The third-order valence-corrected chi connectivity index (χ3v) is 3.58. The second-order valence-electron chi connectivity index (χ2n) is 5.31. The summed E-state index contributed by atoms with van der Waals surface area (Å²) in [7, 11) is 0. The molecule has 0 saturated carbocycles. The fourth-order valence-corrected chi connectivity index (χ4v) is 2.48. The Labute approximate surface area is 136 Å². The first-order valence-corrected chi connectivity index (χ1v) is 7.75. The van der Waals surface area contributed by atoms with Gasteiger partial charge in [0.1, 0.15) is 5.82 Å². The van der Waals surface area contributed by atoms with Crippen LogP contribution in [-0.2, 0) is 0 Å². The lowest BCUT2D eigenvalue weighted by molar-refractivity contribution is 0.977. The molecule has 23 heavy (non-hydrogen) atoms. The topological polar surface area (TPSA) is 41.1 Å². The Kier molecular flexibility index (Phi) is 4.52. The molecule has 3 aromatic rings. The van der Waals surface area contributed by atoms with Crippen LogP contribution in [0.3, 0.4) is 0 Å². The van der Waals surface area contributed by atoms with Gasteiger partial charge >= 0.3 is 0 Å². The minimum Gasteiger partial charge on any atom is -0.326 e. The molecular formula is C19H20N4. The largest absolute Gasteiger partial charge is 0.326 e. The predicted molar refractivity (Wildman–Crippen MR) is 95.6 cm³/mol.